The number of rotatable bonds is 6. The fraction of sp³-hybridized carbons (Fsp3) is 0.381. The maximum Gasteiger partial charge on any atom is 0.269 e. The molecule has 0 spiro atoms. The number of nitrogens with zero attached hydrogens (tertiary/aromatic N) is 2. The third kappa shape index (κ3) is 3.77. The molecule has 156 valence electrons. The molecule has 9 heteroatoms. The van der Waals surface area contributed by atoms with Crippen molar-refractivity contribution >= 4 is 29.1 Å². The van der Waals surface area contributed by atoms with Crippen LogP contribution in [-0.4, -0.2) is 26.4 Å². The smallest absolute Gasteiger partial charge is 0.269 e. The molecule has 2 aromatic rings. The van der Waals surface area contributed by atoms with Crippen molar-refractivity contribution in [1.29, 1.82) is 0 Å². The molecule has 0 saturated heterocycles. The molecular weight excluding hydrogens is 404 g/mol. The molecule has 2 aliphatic rings. The minimum absolute atomic E-state index is 0.0355. The molecule has 1 unspecified atom stereocenters. The summed E-state index contributed by atoms with van der Waals surface area (Å²) in [5, 5.41) is 15.0. The van der Waals surface area contributed by atoms with E-state index in [1.807, 2.05) is 0 Å². The molecule has 1 atom stereocenters. The third-order valence-corrected chi connectivity index (χ3v) is 6.35. The summed E-state index contributed by atoms with van der Waals surface area (Å²) in [7, 11) is 0. The van der Waals surface area contributed by atoms with Crippen molar-refractivity contribution in [1.82, 2.24) is 9.97 Å². The van der Waals surface area contributed by atoms with E-state index < -0.39 is 10.8 Å². The van der Waals surface area contributed by atoms with Crippen LogP contribution in [0.1, 0.15) is 56.1 Å². The molecule has 0 fully saturated rings. The van der Waals surface area contributed by atoms with Gasteiger partial charge in [0.25, 0.3) is 11.2 Å². The first-order chi connectivity index (χ1) is 14.5. The molecule has 0 bridgehead atoms. The fourth-order valence-electron chi connectivity index (χ4n) is 3.97. The number of allylic oxidation sites excluding steroid dienone is 2. The standard InChI is InChI=1S/C21H22N4O4S/c1-2-3-10-30-21-23-19-18(20(27)24-21)16(12-6-4-7-13(11-12)25(28)29)17-14(22-19)8-5-9-15(17)26/h4,6-7,11,16H,2-3,5,8-10H2,1H3,(H2,22,23,24,27). The molecule has 30 heavy (non-hydrogen) atoms. The number of carbonyl (C=O) groups is 1. The van der Waals surface area contributed by atoms with Crippen LogP contribution in [0.4, 0.5) is 11.5 Å². The Labute approximate surface area is 177 Å². The SMILES string of the molecule is CCCCSc1nc2c(c(=O)[nH]1)C(c1cccc([N+](=O)[O-])c1)C1=C(CCCC1=O)N2. The average Bonchev–Trinajstić information content (AvgIpc) is 2.73. The summed E-state index contributed by atoms with van der Waals surface area (Å²) in [4.78, 5) is 44.2. The van der Waals surface area contributed by atoms with Crippen molar-refractivity contribution < 1.29 is 9.72 Å². The van der Waals surface area contributed by atoms with Gasteiger partial charge in [0.15, 0.2) is 10.9 Å². The van der Waals surface area contributed by atoms with Crippen LogP contribution in [0, 0.1) is 10.1 Å². The second-order valence-electron chi connectivity index (χ2n) is 7.41. The number of aromatic amines is 1. The van der Waals surface area contributed by atoms with Crippen LogP contribution in [0.15, 0.2) is 45.5 Å². The van der Waals surface area contributed by atoms with Gasteiger partial charge in [0.05, 0.1) is 10.5 Å². The van der Waals surface area contributed by atoms with Crippen molar-refractivity contribution in [2.45, 2.75) is 50.1 Å². The number of nitro groups is 1. The van der Waals surface area contributed by atoms with Crippen molar-refractivity contribution in [3.8, 4) is 0 Å². The number of nitro benzene ring substituents is 1. The summed E-state index contributed by atoms with van der Waals surface area (Å²) < 4.78 is 0. The highest BCUT2D eigenvalue weighted by Crippen LogP contribution is 2.44. The van der Waals surface area contributed by atoms with E-state index in [0.717, 1.165) is 30.7 Å². The minimum atomic E-state index is -0.671. The van der Waals surface area contributed by atoms with Gasteiger partial charge in [-0.3, -0.25) is 19.7 Å². The van der Waals surface area contributed by atoms with Crippen molar-refractivity contribution in [2.24, 2.45) is 0 Å². The van der Waals surface area contributed by atoms with Crippen LogP contribution in [0.2, 0.25) is 0 Å². The second-order valence-corrected chi connectivity index (χ2v) is 8.50. The Bertz CT molecular complexity index is 1110. The van der Waals surface area contributed by atoms with E-state index >= 15 is 0 Å². The quantitative estimate of drug-likeness (QED) is 0.234. The van der Waals surface area contributed by atoms with Crippen molar-refractivity contribution in [3.05, 3.63) is 67.1 Å². The number of Topliss-reactive ketones (excluding diaryl/α,β-unsaturated/α-hetero) is 1. The van der Waals surface area contributed by atoms with Gasteiger partial charge in [0.2, 0.25) is 0 Å². The molecule has 0 amide bonds. The fourth-order valence-corrected chi connectivity index (χ4v) is 4.92. The first-order valence-corrected chi connectivity index (χ1v) is 11.0. The molecule has 8 nitrogen and oxygen atoms in total. The average molecular weight is 426 g/mol. The Kier molecular flexibility index (Phi) is 5.72. The van der Waals surface area contributed by atoms with Gasteiger partial charge >= 0.3 is 0 Å². The molecule has 4 rings (SSSR count). The summed E-state index contributed by atoms with van der Waals surface area (Å²) >= 11 is 1.49. The first kappa shape index (κ1) is 20.3. The number of anilines is 1. The molecule has 2 N–H and O–H groups in total. The molecule has 1 aliphatic carbocycles. The Morgan fingerprint density at radius 2 is 2.13 bits per heavy atom. The zero-order valence-electron chi connectivity index (χ0n) is 16.6. The number of benzene rings is 1. The van der Waals surface area contributed by atoms with Crippen LogP contribution in [0.25, 0.3) is 0 Å². The predicted molar refractivity (Wildman–Crippen MR) is 115 cm³/mol. The highest BCUT2D eigenvalue weighted by Gasteiger charge is 2.38. The summed E-state index contributed by atoms with van der Waals surface area (Å²) in [6.07, 6.45) is 3.87. The number of unbranched alkanes of at least 4 members (excludes halogenated alkanes) is 1. The number of nitrogens with one attached hydrogen (secondary N) is 2. The number of hydrogen-bond acceptors (Lipinski definition) is 7. The number of H-pyrrole nitrogens is 1. The number of ketones is 1. The van der Waals surface area contributed by atoms with Gasteiger partial charge in [-0.25, -0.2) is 4.98 Å². The van der Waals surface area contributed by atoms with Gasteiger partial charge in [-0.2, -0.15) is 0 Å². The van der Waals surface area contributed by atoms with Crippen LogP contribution in [0.3, 0.4) is 0 Å². The molecule has 1 aromatic carbocycles. The lowest BCUT2D eigenvalue weighted by molar-refractivity contribution is -0.384. The lowest BCUT2D eigenvalue weighted by atomic mass is 9.76. The van der Waals surface area contributed by atoms with Crippen LogP contribution >= 0.6 is 11.8 Å². The van der Waals surface area contributed by atoms with E-state index in [-0.39, 0.29) is 17.0 Å². The van der Waals surface area contributed by atoms with E-state index in [0.29, 0.717) is 40.5 Å². The first-order valence-electron chi connectivity index (χ1n) is 10.0. The van der Waals surface area contributed by atoms with Gasteiger partial charge in [-0.1, -0.05) is 37.2 Å². The zero-order chi connectivity index (χ0) is 21.3. The summed E-state index contributed by atoms with van der Waals surface area (Å²) in [5.41, 5.74) is 1.77. The topological polar surface area (TPSA) is 118 Å². The van der Waals surface area contributed by atoms with Gasteiger partial charge in [0.1, 0.15) is 5.82 Å². The number of hydrogen-bond donors (Lipinski definition) is 2. The monoisotopic (exact) mass is 426 g/mol. The Morgan fingerprint density at radius 1 is 1.30 bits per heavy atom. The summed E-state index contributed by atoms with van der Waals surface area (Å²) in [6.45, 7) is 2.10. The molecule has 0 radical (unpaired) electrons. The van der Waals surface area contributed by atoms with E-state index in [1.54, 1.807) is 12.1 Å². The van der Waals surface area contributed by atoms with E-state index in [2.05, 4.69) is 22.2 Å². The number of aromatic nitrogens is 2. The largest absolute Gasteiger partial charge is 0.343 e. The lowest BCUT2D eigenvalue weighted by Gasteiger charge is -2.32. The Morgan fingerprint density at radius 3 is 2.90 bits per heavy atom. The van der Waals surface area contributed by atoms with E-state index in [1.165, 1.54) is 23.9 Å². The lowest BCUT2D eigenvalue weighted by Crippen LogP contribution is -2.32. The number of thioether (sulfide) groups is 1. The van der Waals surface area contributed by atoms with Crippen molar-refractivity contribution in [2.75, 3.05) is 11.1 Å². The normalized spacial score (nSPS) is 17.9. The zero-order valence-corrected chi connectivity index (χ0v) is 17.4. The number of non-ortho nitro benzene ring substituents is 1. The van der Waals surface area contributed by atoms with Crippen LogP contribution in [-0.2, 0) is 4.79 Å². The van der Waals surface area contributed by atoms with Gasteiger partial charge in [-0.05, 0) is 24.8 Å². The molecule has 1 aromatic heterocycles. The number of carbonyl (C=O) groups excluding carboxylic acids is 1. The highest BCUT2D eigenvalue weighted by atomic mass is 32.2. The van der Waals surface area contributed by atoms with Crippen LogP contribution < -0.4 is 10.9 Å². The summed E-state index contributed by atoms with van der Waals surface area (Å²) in [6, 6.07) is 6.15. The van der Waals surface area contributed by atoms with Gasteiger partial charge < -0.3 is 10.3 Å². The Balaban J connectivity index is 1.86. The molecule has 1 aliphatic heterocycles. The third-order valence-electron chi connectivity index (χ3n) is 5.39. The Hall–Kier alpha value is -2.94. The molecule has 2 heterocycles. The van der Waals surface area contributed by atoms with Crippen molar-refractivity contribution in [3.63, 3.8) is 0 Å². The van der Waals surface area contributed by atoms with E-state index in [4.69, 9.17) is 0 Å². The second kappa shape index (κ2) is 8.43. The molecular formula is C21H22N4O4S. The maximum atomic E-state index is 13.1. The van der Waals surface area contributed by atoms with E-state index in [9.17, 15) is 19.7 Å². The number of fused-ring (bicyclic) bond motifs is 1. The minimum Gasteiger partial charge on any atom is -0.343 e. The van der Waals surface area contributed by atoms with Crippen LogP contribution in [0.5, 0.6) is 0 Å². The van der Waals surface area contributed by atoms with Gasteiger partial charge in [0, 0.05) is 41.5 Å². The predicted octanol–water partition coefficient (Wildman–Crippen LogP) is 4.13. The summed E-state index contributed by atoms with van der Waals surface area (Å²) in [5.74, 6) is 0.572. The maximum absolute atomic E-state index is 13.1. The van der Waals surface area contributed by atoms with Gasteiger partial charge in [-0.15, -0.1) is 0 Å². The molecule has 0 saturated carbocycles. The highest BCUT2D eigenvalue weighted by molar-refractivity contribution is 7.99.